The molecule has 0 bridgehead atoms. The van der Waals surface area contributed by atoms with E-state index in [0.717, 1.165) is 13.0 Å². The quantitative estimate of drug-likeness (QED) is 0.451. The van der Waals surface area contributed by atoms with Crippen LogP contribution in [0.1, 0.15) is 33.1 Å². The minimum absolute atomic E-state index is 0.0214. The minimum Gasteiger partial charge on any atom is -0.506 e. The summed E-state index contributed by atoms with van der Waals surface area (Å²) >= 11 is 5.90. The number of carbonyl (C=O) groups is 2. The second-order valence-corrected chi connectivity index (χ2v) is 7.90. The molecule has 0 aromatic heterocycles. The number of phenols is 1. The van der Waals surface area contributed by atoms with Crippen molar-refractivity contribution in [1.29, 1.82) is 0 Å². The molecule has 1 aromatic rings. The Hall–Kier alpha value is -1.99. The molecule has 0 saturated carbocycles. The third-order valence-corrected chi connectivity index (χ3v) is 4.80. The van der Waals surface area contributed by atoms with Gasteiger partial charge in [0.25, 0.3) is 0 Å². The Balaban J connectivity index is 1.68. The Morgan fingerprint density at radius 1 is 1.32 bits per heavy atom. The van der Waals surface area contributed by atoms with Crippen LogP contribution in [0.25, 0.3) is 0 Å². The van der Waals surface area contributed by atoms with E-state index in [9.17, 15) is 14.7 Å². The highest BCUT2D eigenvalue weighted by molar-refractivity contribution is 6.31. The first-order valence-electron chi connectivity index (χ1n) is 9.76. The average Bonchev–Trinajstić information content (AvgIpc) is 2.67. The number of ether oxygens (including phenoxy) is 1. The lowest BCUT2D eigenvalue weighted by molar-refractivity contribution is -0.121. The molecule has 1 heterocycles. The second kappa shape index (κ2) is 11.1. The fourth-order valence-electron chi connectivity index (χ4n) is 2.99. The predicted molar refractivity (Wildman–Crippen MR) is 110 cm³/mol. The van der Waals surface area contributed by atoms with Gasteiger partial charge >= 0.3 is 6.03 Å². The number of hydrogen-bond acceptors (Lipinski definition) is 4. The number of aromatic hydroxyl groups is 1. The standard InChI is InChI=1S/C20H30ClN3O4/c1-14(2)13-28-11-3-8-22-20(27)24-9-6-15(7-10-24)19(26)23-17-12-16(21)4-5-18(17)25/h4-5,12,14-15,25H,3,6-11,13H2,1-2H3,(H,22,27)(H,23,26). The van der Waals surface area contributed by atoms with Gasteiger partial charge in [-0.3, -0.25) is 4.79 Å². The molecule has 8 heteroatoms. The first-order chi connectivity index (χ1) is 13.4. The molecule has 156 valence electrons. The minimum atomic E-state index is -0.202. The van der Waals surface area contributed by atoms with Crippen molar-refractivity contribution < 1.29 is 19.4 Å². The zero-order valence-corrected chi connectivity index (χ0v) is 17.3. The van der Waals surface area contributed by atoms with Crippen LogP contribution in [0.2, 0.25) is 5.02 Å². The SMILES string of the molecule is CC(C)COCCCNC(=O)N1CCC(C(=O)Nc2cc(Cl)ccc2O)CC1. The van der Waals surface area contributed by atoms with Gasteiger partial charge in [0.05, 0.1) is 5.69 Å². The van der Waals surface area contributed by atoms with Crippen molar-refractivity contribution in [2.45, 2.75) is 33.1 Å². The van der Waals surface area contributed by atoms with Gasteiger partial charge in [0.2, 0.25) is 5.91 Å². The summed E-state index contributed by atoms with van der Waals surface area (Å²) in [5, 5.41) is 15.9. The van der Waals surface area contributed by atoms with Crippen molar-refractivity contribution in [3.63, 3.8) is 0 Å². The monoisotopic (exact) mass is 411 g/mol. The number of urea groups is 1. The molecule has 1 saturated heterocycles. The molecule has 0 radical (unpaired) electrons. The highest BCUT2D eigenvalue weighted by atomic mass is 35.5. The summed E-state index contributed by atoms with van der Waals surface area (Å²) in [7, 11) is 0. The lowest BCUT2D eigenvalue weighted by Crippen LogP contribution is -2.46. The molecule has 28 heavy (non-hydrogen) atoms. The number of likely N-dealkylation sites (tertiary alicyclic amines) is 1. The second-order valence-electron chi connectivity index (χ2n) is 7.47. The molecule has 2 rings (SSSR count). The number of rotatable bonds is 8. The maximum Gasteiger partial charge on any atom is 0.317 e. The molecule has 1 aliphatic rings. The van der Waals surface area contributed by atoms with Crippen LogP contribution in [-0.2, 0) is 9.53 Å². The number of piperidine rings is 1. The van der Waals surface area contributed by atoms with Crippen molar-refractivity contribution in [2.75, 3.05) is 38.2 Å². The summed E-state index contributed by atoms with van der Waals surface area (Å²) < 4.78 is 5.49. The Morgan fingerprint density at radius 3 is 2.71 bits per heavy atom. The summed E-state index contributed by atoms with van der Waals surface area (Å²) in [4.78, 5) is 26.4. The maximum atomic E-state index is 12.4. The smallest absolute Gasteiger partial charge is 0.317 e. The van der Waals surface area contributed by atoms with Crippen molar-refractivity contribution in [3.8, 4) is 5.75 Å². The summed E-state index contributed by atoms with van der Waals surface area (Å²) in [6.07, 6.45) is 1.94. The average molecular weight is 412 g/mol. The van der Waals surface area contributed by atoms with Gasteiger partial charge in [-0.1, -0.05) is 25.4 Å². The van der Waals surface area contributed by atoms with E-state index < -0.39 is 0 Å². The molecule has 1 aliphatic heterocycles. The first-order valence-corrected chi connectivity index (χ1v) is 10.1. The lowest BCUT2D eigenvalue weighted by atomic mass is 9.96. The van der Waals surface area contributed by atoms with Gasteiger partial charge in [-0.05, 0) is 43.4 Å². The van der Waals surface area contributed by atoms with Gasteiger partial charge in [-0.2, -0.15) is 0 Å². The van der Waals surface area contributed by atoms with E-state index in [-0.39, 0.29) is 23.6 Å². The number of anilines is 1. The number of hydrogen-bond donors (Lipinski definition) is 3. The van der Waals surface area contributed by atoms with Crippen LogP contribution in [-0.4, -0.2) is 54.8 Å². The van der Waals surface area contributed by atoms with E-state index >= 15 is 0 Å². The first kappa shape index (κ1) is 22.3. The number of amides is 3. The lowest BCUT2D eigenvalue weighted by Gasteiger charge is -2.31. The molecular weight excluding hydrogens is 382 g/mol. The van der Waals surface area contributed by atoms with Crippen LogP contribution in [0, 0.1) is 11.8 Å². The summed E-state index contributed by atoms with van der Waals surface area (Å²) in [5.41, 5.74) is 0.303. The van der Waals surface area contributed by atoms with Gasteiger partial charge < -0.3 is 25.4 Å². The third kappa shape index (κ3) is 7.20. The fraction of sp³-hybridized carbons (Fsp3) is 0.600. The van der Waals surface area contributed by atoms with Crippen LogP contribution >= 0.6 is 11.6 Å². The van der Waals surface area contributed by atoms with E-state index in [1.807, 2.05) is 0 Å². The van der Waals surface area contributed by atoms with Crippen molar-refractivity contribution in [3.05, 3.63) is 23.2 Å². The molecule has 1 aromatic carbocycles. The van der Waals surface area contributed by atoms with Crippen molar-refractivity contribution in [2.24, 2.45) is 11.8 Å². The molecule has 0 spiro atoms. The van der Waals surface area contributed by atoms with Crippen LogP contribution in [0.3, 0.4) is 0 Å². The molecule has 3 N–H and O–H groups in total. The zero-order valence-electron chi connectivity index (χ0n) is 16.5. The number of carbonyl (C=O) groups excluding carboxylic acids is 2. The molecule has 7 nitrogen and oxygen atoms in total. The number of nitrogens with one attached hydrogen (secondary N) is 2. The number of benzene rings is 1. The molecule has 1 fully saturated rings. The predicted octanol–water partition coefficient (Wildman–Crippen LogP) is 3.47. The number of halogens is 1. The molecule has 0 unspecified atom stereocenters. The van der Waals surface area contributed by atoms with Crippen molar-refractivity contribution >= 4 is 29.2 Å². The van der Waals surface area contributed by atoms with Gasteiger partial charge in [-0.25, -0.2) is 4.79 Å². The van der Waals surface area contributed by atoms with E-state index in [4.69, 9.17) is 16.3 Å². The molecular formula is C20H30ClN3O4. The van der Waals surface area contributed by atoms with Gasteiger partial charge in [0, 0.05) is 43.8 Å². The Morgan fingerprint density at radius 2 is 2.04 bits per heavy atom. The summed E-state index contributed by atoms with van der Waals surface area (Å²) in [6.45, 7) is 7.19. The Bertz CT molecular complexity index is 661. The van der Waals surface area contributed by atoms with Gasteiger partial charge in [0.15, 0.2) is 0 Å². The van der Waals surface area contributed by atoms with Crippen LogP contribution in [0.5, 0.6) is 5.75 Å². The number of nitrogens with zero attached hydrogens (tertiary/aromatic N) is 1. The molecule has 3 amide bonds. The summed E-state index contributed by atoms with van der Waals surface area (Å²) in [5.74, 6) is 0.120. The Kier molecular flexibility index (Phi) is 8.86. The largest absolute Gasteiger partial charge is 0.506 e. The summed E-state index contributed by atoms with van der Waals surface area (Å²) in [6, 6.07) is 4.41. The highest BCUT2D eigenvalue weighted by Gasteiger charge is 2.27. The van der Waals surface area contributed by atoms with Crippen molar-refractivity contribution in [1.82, 2.24) is 10.2 Å². The van der Waals surface area contributed by atoms with E-state index in [2.05, 4.69) is 24.5 Å². The van der Waals surface area contributed by atoms with E-state index in [1.165, 1.54) is 12.1 Å². The maximum absolute atomic E-state index is 12.4. The number of phenolic OH excluding ortho intramolecular Hbond substituents is 1. The van der Waals surface area contributed by atoms with E-state index in [0.29, 0.717) is 55.7 Å². The highest BCUT2D eigenvalue weighted by Crippen LogP contribution is 2.28. The topological polar surface area (TPSA) is 90.9 Å². The zero-order chi connectivity index (χ0) is 20.5. The fourth-order valence-corrected chi connectivity index (χ4v) is 3.16. The molecule has 0 aliphatic carbocycles. The van der Waals surface area contributed by atoms with Crippen LogP contribution in [0.15, 0.2) is 18.2 Å². The Labute approximate surface area is 171 Å². The normalized spacial score (nSPS) is 14.9. The third-order valence-electron chi connectivity index (χ3n) is 4.56. The van der Waals surface area contributed by atoms with Gasteiger partial charge in [0.1, 0.15) is 5.75 Å². The van der Waals surface area contributed by atoms with Crippen LogP contribution < -0.4 is 10.6 Å². The van der Waals surface area contributed by atoms with E-state index in [1.54, 1.807) is 11.0 Å². The van der Waals surface area contributed by atoms with Gasteiger partial charge in [-0.15, -0.1) is 0 Å². The molecule has 0 atom stereocenters. The van der Waals surface area contributed by atoms with Crippen LogP contribution in [0.4, 0.5) is 10.5 Å².